The van der Waals surface area contributed by atoms with Crippen LogP contribution < -0.4 is 0 Å². The molecule has 1 atom stereocenters. The predicted molar refractivity (Wildman–Crippen MR) is 74.0 cm³/mol. The Morgan fingerprint density at radius 2 is 1.90 bits per heavy atom. The van der Waals surface area contributed by atoms with Crippen LogP contribution in [0.1, 0.15) is 37.6 Å². The molecule has 116 valence electrons. The molecule has 0 aliphatic heterocycles. The summed E-state index contributed by atoms with van der Waals surface area (Å²) in [6.07, 6.45) is 0.682. The summed E-state index contributed by atoms with van der Waals surface area (Å²) in [4.78, 5) is 23.1. The van der Waals surface area contributed by atoms with Crippen molar-refractivity contribution in [2.75, 3.05) is 7.05 Å². The highest BCUT2D eigenvalue weighted by Gasteiger charge is 2.27. The summed E-state index contributed by atoms with van der Waals surface area (Å²) < 4.78 is 27.3. The third-order valence-electron chi connectivity index (χ3n) is 3.24. The minimum absolute atomic E-state index is 0.195. The van der Waals surface area contributed by atoms with Crippen LogP contribution >= 0.6 is 0 Å². The van der Waals surface area contributed by atoms with Crippen molar-refractivity contribution in [1.29, 1.82) is 0 Å². The molecule has 0 radical (unpaired) electrons. The Morgan fingerprint density at radius 3 is 2.38 bits per heavy atom. The molecule has 21 heavy (non-hydrogen) atoms. The number of nitrogens with zero attached hydrogens (tertiary/aromatic N) is 2. The van der Waals surface area contributed by atoms with Gasteiger partial charge in [-0.1, -0.05) is 13.8 Å². The lowest BCUT2D eigenvalue weighted by Crippen LogP contribution is -2.36. The number of halogens is 2. The molecule has 0 saturated carbocycles. The highest BCUT2D eigenvalue weighted by atomic mass is 19.1. The number of hydrogen-bond acceptors (Lipinski definition) is 3. The Kier molecular flexibility index (Phi) is 5.34. The summed E-state index contributed by atoms with van der Waals surface area (Å²) in [5.41, 5.74) is -1.66. The molecule has 0 saturated heterocycles. The molecular formula is C14H18F2N2O3. The third-order valence-corrected chi connectivity index (χ3v) is 3.24. The maximum Gasteiger partial charge on any atom is 0.308 e. The second-order valence-corrected chi connectivity index (χ2v) is 5.44. The van der Waals surface area contributed by atoms with E-state index in [0.717, 1.165) is 0 Å². The Morgan fingerprint density at radius 1 is 1.33 bits per heavy atom. The third kappa shape index (κ3) is 3.96. The molecule has 1 unspecified atom stereocenters. The van der Waals surface area contributed by atoms with Crippen LogP contribution in [0, 0.1) is 27.7 Å². The van der Waals surface area contributed by atoms with E-state index >= 15 is 0 Å². The molecule has 1 amide bonds. The lowest BCUT2D eigenvalue weighted by molar-refractivity contribution is -0.387. The van der Waals surface area contributed by atoms with Gasteiger partial charge in [-0.25, -0.2) is 4.39 Å². The van der Waals surface area contributed by atoms with Gasteiger partial charge in [-0.2, -0.15) is 4.39 Å². The van der Waals surface area contributed by atoms with Crippen molar-refractivity contribution in [2.45, 2.75) is 33.2 Å². The van der Waals surface area contributed by atoms with Crippen LogP contribution in [-0.4, -0.2) is 28.8 Å². The first-order chi connectivity index (χ1) is 9.65. The van der Waals surface area contributed by atoms with E-state index in [-0.39, 0.29) is 6.04 Å². The molecule has 0 aromatic heterocycles. The SMILES string of the molecule is CC(C)CC(C)N(C)C(=O)c1cc(F)cc([N+](=O)[O-])c1F. The number of amides is 1. The van der Waals surface area contributed by atoms with E-state index in [4.69, 9.17) is 0 Å². The van der Waals surface area contributed by atoms with Crippen molar-refractivity contribution in [3.8, 4) is 0 Å². The van der Waals surface area contributed by atoms with Gasteiger partial charge in [-0.3, -0.25) is 14.9 Å². The molecule has 7 heteroatoms. The van der Waals surface area contributed by atoms with Gasteiger partial charge in [0.15, 0.2) is 0 Å². The molecular weight excluding hydrogens is 282 g/mol. The normalized spacial score (nSPS) is 12.3. The maximum atomic E-state index is 14.0. The predicted octanol–water partition coefficient (Wildman–Crippen LogP) is 3.38. The second kappa shape index (κ2) is 6.60. The lowest BCUT2D eigenvalue weighted by Gasteiger charge is -2.26. The van der Waals surface area contributed by atoms with Gasteiger partial charge in [0.2, 0.25) is 5.82 Å². The fraction of sp³-hybridized carbons (Fsp3) is 0.500. The fourth-order valence-electron chi connectivity index (χ4n) is 2.09. The maximum absolute atomic E-state index is 14.0. The van der Waals surface area contributed by atoms with Crippen LogP contribution in [-0.2, 0) is 0 Å². The molecule has 1 rings (SSSR count). The van der Waals surface area contributed by atoms with E-state index in [1.165, 1.54) is 11.9 Å². The first-order valence-corrected chi connectivity index (χ1v) is 6.55. The molecule has 5 nitrogen and oxygen atoms in total. The van der Waals surface area contributed by atoms with E-state index in [1.807, 2.05) is 13.8 Å². The summed E-state index contributed by atoms with van der Waals surface area (Å²) >= 11 is 0. The summed E-state index contributed by atoms with van der Waals surface area (Å²) in [5.74, 6) is -2.78. The van der Waals surface area contributed by atoms with Crippen molar-refractivity contribution in [2.24, 2.45) is 5.92 Å². The number of carbonyl (C=O) groups excluding carboxylic acids is 1. The molecule has 0 N–H and O–H groups in total. The molecule has 0 aliphatic carbocycles. The molecule has 0 heterocycles. The van der Waals surface area contributed by atoms with E-state index in [0.29, 0.717) is 24.5 Å². The average molecular weight is 300 g/mol. The minimum Gasteiger partial charge on any atom is -0.339 e. The van der Waals surface area contributed by atoms with Gasteiger partial charge in [-0.05, 0) is 25.3 Å². The first-order valence-electron chi connectivity index (χ1n) is 6.55. The molecule has 1 aromatic carbocycles. The van der Waals surface area contributed by atoms with E-state index in [9.17, 15) is 23.7 Å². The van der Waals surface area contributed by atoms with Crippen LogP contribution in [0.4, 0.5) is 14.5 Å². The number of carbonyl (C=O) groups is 1. The lowest BCUT2D eigenvalue weighted by atomic mass is 10.0. The zero-order valence-electron chi connectivity index (χ0n) is 12.4. The van der Waals surface area contributed by atoms with Crippen LogP contribution in [0.25, 0.3) is 0 Å². The Labute approximate surface area is 121 Å². The Bertz CT molecular complexity index is 561. The van der Waals surface area contributed by atoms with Gasteiger partial charge < -0.3 is 4.90 Å². The molecule has 0 bridgehead atoms. The zero-order chi connectivity index (χ0) is 16.3. The van der Waals surface area contributed by atoms with Crippen LogP contribution in [0.5, 0.6) is 0 Å². The smallest absolute Gasteiger partial charge is 0.308 e. The number of hydrogen-bond donors (Lipinski definition) is 0. The number of benzene rings is 1. The Hall–Kier alpha value is -2.05. The van der Waals surface area contributed by atoms with E-state index in [2.05, 4.69) is 0 Å². The van der Waals surface area contributed by atoms with Crippen molar-refractivity contribution in [3.05, 3.63) is 39.4 Å². The van der Waals surface area contributed by atoms with Gasteiger partial charge in [0.1, 0.15) is 5.82 Å². The number of nitro benzene ring substituents is 1. The fourth-order valence-corrected chi connectivity index (χ4v) is 2.09. The average Bonchev–Trinajstić information content (AvgIpc) is 2.38. The Balaban J connectivity index is 3.15. The summed E-state index contributed by atoms with van der Waals surface area (Å²) in [6.45, 7) is 5.73. The van der Waals surface area contributed by atoms with Gasteiger partial charge in [0.25, 0.3) is 5.91 Å². The number of nitro groups is 1. The van der Waals surface area contributed by atoms with Gasteiger partial charge >= 0.3 is 5.69 Å². The van der Waals surface area contributed by atoms with Crippen LogP contribution in [0.15, 0.2) is 12.1 Å². The van der Waals surface area contributed by atoms with Crippen molar-refractivity contribution < 1.29 is 18.5 Å². The van der Waals surface area contributed by atoms with Crippen LogP contribution in [0.3, 0.4) is 0 Å². The molecule has 1 aromatic rings. The van der Waals surface area contributed by atoms with Crippen molar-refractivity contribution in [3.63, 3.8) is 0 Å². The summed E-state index contributed by atoms with van der Waals surface area (Å²) in [7, 11) is 1.46. The standard InChI is InChI=1S/C14H18F2N2O3/c1-8(2)5-9(3)17(4)14(19)11-6-10(15)7-12(13(11)16)18(20)21/h6-9H,5H2,1-4H3. The largest absolute Gasteiger partial charge is 0.339 e. The second-order valence-electron chi connectivity index (χ2n) is 5.44. The van der Waals surface area contributed by atoms with Crippen LogP contribution in [0.2, 0.25) is 0 Å². The molecule has 0 fully saturated rings. The minimum atomic E-state index is -1.31. The monoisotopic (exact) mass is 300 g/mol. The molecule has 0 spiro atoms. The van der Waals surface area contributed by atoms with Crippen molar-refractivity contribution in [1.82, 2.24) is 4.90 Å². The zero-order valence-corrected chi connectivity index (χ0v) is 12.4. The van der Waals surface area contributed by atoms with Crippen molar-refractivity contribution >= 4 is 11.6 Å². The van der Waals surface area contributed by atoms with Gasteiger partial charge in [-0.15, -0.1) is 0 Å². The number of rotatable bonds is 5. The summed E-state index contributed by atoms with van der Waals surface area (Å²) in [5, 5.41) is 10.7. The van der Waals surface area contributed by atoms with Gasteiger partial charge in [0, 0.05) is 13.1 Å². The summed E-state index contributed by atoms with van der Waals surface area (Å²) in [6, 6.07) is 0.951. The topological polar surface area (TPSA) is 63.5 Å². The van der Waals surface area contributed by atoms with E-state index in [1.54, 1.807) is 6.92 Å². The van der Waals surface area contributed by atoms with Gasteiger partial charge in [0.05, 0.1) is 16.6 Å². The highest BCUT2D eigenvalue weighted by Crippen LogP contribution is 2.24. The highest BCUT2D eigenvalue weighted by molar-refractivity contribution is 5.95. The molecule has 0 aliphatic rings. The quantitative estimate of drug-likeness (QED) is 0.618. The first kappa shape index (κ1) is 17.0. The van der Waals surface area contributed by atoms with E-state index < -0.39 is 33.7 Å².